The van der Waals surface area contributed by atoms with Crippen LogP contribution in [0.15, 0.2) is 41.2 Å². The number of nitrogens with zero attached hydrogens (tertiary/aromatic N) is 2. The highest BCUT2D eigenvalue weighted by atomic mass is 19.1. The smallest absolute Gasteiger partial charge is 0.407 e. The molecule has 0 bridgehead atoms. The molecule has 0 saturated carbocycles. The standard InChI is InChI=1S/C97H137FN16O32/c1-5-97(134)69-49-75-89-67(52-114(75)93(130)68(69)56-145-94(97)131)87-71(22-21-66-61(4)70(98)50-74(111-89)86(66)87)109-83(122)57-143-59-106-81(120)51-105-96(133)146-53-62-17-19-63(20-18-62)108-90(127)72(15-11-31-104-95(99)132)112-92(129)88(60(2)3)113-91(128)73(23-24-85(125)126)110-80(119)29-37-137-45-47-139-41-33-102-78(117)27-39-142-55-64(54-141-38-26-77(116)101-32-40-138-46-43-135-35-25-76(115)100-30-12-16-84(123)124)107-79(118)28-36-136-44-48-140-42-34-103-82(121)58-144-65-13-9-7-6-8-10-14-65/h17-20,49-50,60,64-65,71-73,88,134H,5-9,11-13,15-16,21-48,51-59H2,1-4H3,(H,100,115)(H,101,116)(H,102,117)(H,103,121)(H,105,133)(H,106,120)(H,107,118)(H,108,127)(H,109,122)(H,110,119)(H,112,129)(H,113,128)(H,123,124)(H,125,126)(H3,99,104,132)/t64?,65?,71-,72-,73-,88-,97-/m0/s1. The maximum Gasteiger partial charge on any atom is 0.407 e. The van der Waals surface area contributed by atoms with E-state index in [9.17, 15) is 91.7 Å². The zero-order chi connectivity index (χ0) is 106. The number of aryl methyl sites for hydroxylation is 1. The van der Waals surface area contributed by atoms with Crippen molar-refractivity contribution in [2.45, 2.75) is 211 Å². The predicted molar refractivity (Wildman–Crippen MR) is 516 cm³/mol. The Morgan fingerprint density at radius 2 is 1.16 bits per heavy atom. The number of cyclic esters (lactones) is 1. The topological polar surface area (TPSA) is 662 Å². The van der Waals surface area contributed by atoms with Gasteiger partial charge in [-0.3, -0.25) is 67.1 Å². The molecule has 146 heavy (non-hydrogen) atoms. The van der Waals surface area contributed by atoms with Crippen molar-refractivity contribution in [3.8, 4) is 23.2 Å². The number of hydrogen-bond donors (Lipinski definition) is 17. The summed E-state index contributed by atoms with van der Waals surface area (Å²) in [6.45, 7) is 6.19. The second kappa shape index (κ2) is 64.1. The van der Waals surface area contributed by atoms with Crippen LogP contribution in [0.2, 0.25) is 0 Å². The number of aromatic nitrogens is 2. The molecule has 14 amide bonds. The Bertz CT molecular complexity index is 5210. The second-order valence-corrected chi connectivity index (χ2v) is 34.9. The third-order valence-corrected chi connectivity index (χ3v) is 23.5. The van der Waals surface area contributed by atoms with Crippen LogP contribution in [0.5, 0.6) is 0 Å². The van der Waals surface area contributed by atoms with E-state index in [-0.39, 0.29) is 287 Å². The summed E-state index contributed by atoms with van der Waals surface area (Å²) in [6, 6.07) is 2.49. The molecular weight excluding hydrogens is 1920 g/mol. The number of aliphatic carboxylic acids is 2. The number of aliphatic hydroxyl groups is 1. The number of halogens is 1. The normalized spacial score (nSPS) is 15.6. The number of fused-ring (bicyclic) bond motifs is 5. The molecular formula is C97H137FN16O32. The Morgan fingerprint density at radius 1 is 0.575 bits per heavy atom. The molecule has 2 aliphatic carbocycles. The number of carbonyl (C=O) groups excluding carboxylic acids is 14. The van der Waals surface area contributed by atoms with Crippen LogP contribution in [0.1, 0.15) is 181 Å². The number of benzene rings is 2. The first-order chi connectivity index (χ1) is 70.2. The summed E-state index contributed by atoms with van der Waals surface area (Å²) >= 11 is 0. The molecule has 0 radical (unpaired) electrons. The maximum atomic E-state index is 15.5. The lowest BCUT2D eigenvalue weighted by molar-refractivity contribution is -0.172. The number of primary amides is 1. The average molecular weight is 2060 g/mol. The highest BCUT2D eigenvalue weighted by Crippen LogP contribution is 2.46. The average Bonchev–Trinajstić information content (AvgIpc) is 1.53. The summed E-state index contributed by atoms with van der Waals surface area (Å²) in [4.78, 5) is 222. The molecule has 4 heterocycles. The van der Waals surface area contributed by atoms with Gasteiger partial charge in [-0.1, -0.05) is 45.2 Å². The molecule has 804 valence electrons. The summed E-state index contributed by atoms with van der Waals surface area (Å²) in [5, 5.41) is 64.5. The van der Waals surface area contributed by atoms with Gasteiger partial charge in [0.1, 0.15) is 69.7 Å². The summed E-state index contributed by atoms with van der Waals surface area (Å²) in [5.74, 6) is -4.21. The minimum Gasteiger partial charge on any atom is -0.481 e. The minimum absolute atomic E-state index is 0.000888. The number of urea groups is 1. The maximum absolute atomic E-state index is 15.5. The molecule has 4 aromatic rings. The number of anilines is 1. The Hall–Kier alpha value is -13.0. The first-order valence-corrected chi connectivity index (χ1v) is 48.9. The molecule has 0 saturated heterocycles. The van der Waals surface area contributed by atoms with Crippen molar-refractivity contribution in [3.63, 3.8) is 0 Å². The van der Waals surface area contributed by atoms with Crippen LogP contribution in [0, 0.1) is 30.5 Å². The molecule has 48 nitrogen and oxygen atoms in total. The van der Waals surface area contributed by atoms with Gasteiger partial charge in [-0.05, 0) is 118 Å². The van der Waals surface area contributed by atoms with Gasteiger partial charge >= 0.3 is 30.0 Å². The zero-order valence-electron chi connectivity index (χ0n) is 82.8. The number of amides is 14. The monoisotopic (exact) mass is 2060 g/mol. The molecule has 4 aliphatic rings. The van der Waals surface area contributed by atoms with Gasteiger partial charge in [-0.2, -0.15) is 0 Å². The van der Waals surface area contributed by atoms with Gasteiger partial charge in [-0.15, -0.1) is 5.92 Å². The fourth-order valence-electron chi connectivity index (χ4n) is 15.7. The predicted octanol–water partition coefficient (Wildman–Crippen LogP) is 0.260. The van der Waals surface area contributed by atoms with Gasteiger partial charge in [0.05, 0.1) is 147 Å². The van der Waals surface area contributed by atoms with E-state index in [1.165, 1.54) is 34.9 Å². The molecule has 18 N–H and O–H groups in total. The fraction of sp³-hybridized carbons (Fsp3) is 0.608. The van der Waals surface area contributed by atoms with E-state index in [4.69, 9.17) is 72.7 Å². The van der Waals surface area contributed by atoms with E-state index in [0.29, 0.717) is 63.9 Å². The number of nitrogens with two attached hydrogens (primary N) is 1. The number of carboxylic acids is 2. The van der Waals surface area contributed by atoms with Crippen LogP contribution < -0.4 is 80.4 Å². The van der Waals surface area contributed by atoms with Crippen LogP contribution in [0.4, 0.5) is 19.7 Å². The Kier molecular flexibility index (Phi) is 51.9. The van der Waals surface area contributed by atoms with Gasteiger partial charge in [0.2, 0.25) is 65.0 Å². The highest BCUT2D eigenvalue weighted by molar-refractivity contribution is 6.00. The molecule has 7 atom stereocenters. The number of alkyl carbamates (subject to hydrolysis) is 1. The number of ether oxygens (including phenoxy) is 12. The van der Waals surface area contributed by atoms with Gasteiger partial charge < -0.3 is 152 Å². The van der Waals surface area contributed by atoms with Gasteiger partial charge in [0, 0.05) is 112 Å². The van der Waals surface area contributed by atoms with Crippen molar-refractivity contribution in [3.05, 3.63) is 91.5 Å². The lowest BCUT2D eigenvalue weighted by Crippen LogP contribution is -2.58. The first-order valence-electron chi connectivity index (χ1n) is 48.9. The third kappa shape index (κ3) is 41.5. The Morgan fingerprint density at radius 3 is 1.77 bits per heavy atom. The first kappa shape index (κ1) is 118. The van der Waals surface area contributed by atoms with Crippen LogP contribution in [-0.4, -0.2) is 315 Å². The van der Waals surface area contributed by atoms with E-state index in [1.54, 1.807) is 33.8 Å². The summed E-state index contributed by atoms with van der Waals surface area (Å²) in [6.07, 6.45) is 3.22. The fourth-order valence-corrected chi connectivity index (χ4v) is 15.7. The largest absolute Gasteiger partial charge is 0.481 e. The second-order valence-electron chi connectivity index (χ2n) is 34.9. The van der Waals surface area contributed by atoms with Gasteiger partial charge in [0.25, 0.3) is 5.56 Å². The lowest BCUT2D eigenvalue weighted by Gasteiger charge is -2.31. The molecule has 2 aliphatic heterocycles. The number of esters is 1. The molecule has 49 heteroatoms. The Labute approximate surface area is 842 Å². The van der Waals surface area contributed by atoms with Gasteiger partial charge in [-0.25, -0.2) is 23.8 Å². The van der Waals surface area contributed by atoms with Crippen molar-refractivity contribution >= 4 is 112 Å². The zero-order valence-corrected chi connectivity index (χ0v) is 82.8. The SMILES string of the molecule is CC[C@@]1(O)C(=O)OCc2c1cc1n(c2=O)Cc2c-1nc1cc(F)c(C)c3c1c2[C@@H](NC(=O)COCNC(=O)CNC(=O)OCc1ccc(NC(=O)[C@H](CCCNC(N)=O)NC(=O)[C@@H](NC(=O)[C@H](CCC(=O)O)NC(=O)CCOCCOCCNC(=O)CCOCC(COCCC(=O)NCCOCCOCCC(=O)NCCCC(=O)O)NC(=O)CCOCCOCCNC(=O)COC2C#CCCCCC2)C(C)C)cc1)CC3. The highest BCUT2D eigenvalue weighted by Gasteiger charge is 2.46. The van der Waals surface area contributed by atoms with E-state index >= 15 is 4.39 Å². The molecule has 2 unspecified atom stereocenters. The molecule has 0 fully saturated rings. The number of pyridine rings is 2. The van der Waals surface area contributed by atoms with E-state index < -0.39 is 145 Å². The van der Waals surface area contributed by atoms with Crippen LogP contribution in [0.3, 0.4) is 0 Å². The van der Waals surface area contributed by atoms with Crippen molar-refractivity contribution in [2.24, 2.45) is 11.7 Å². The summed E-state index contributed by atoms with van der Waals surface area (Å²) in [7, 11) is 0. The number of hydrogen-bond acceptors (Lipinski definition) is 31. The molecule has 0 spiro atoms. The molecule has 2 aromatic heterocycles. The summed E-state index contributed by atoms with van der Waals surface area (Å²) in [5.41, 5.74) is 6.79. The van der Waals surface area contributed by atoms with Crippen molar-refractivity contribution in [1.29, 1.82) is 0 Å². The van der Waals surface area contributed by atoms with Crippen molar-refractivity contribution in [2.75, 3.05) is 170 Å². The van der Waals surface area contributed by atoms with E-state index in [2.05, 4.69) is 81.0 Å². The van der Waals surface area contributed by atoms with Crippen LogP contribution >= 0.6 is 0 Å². The van der Waals surface area contributed by atoms with Gasteiger partial charge in [0.15, 0.2) is 5.60 Å². The number of nitrogens with one attached hydrogen (secondary N) is 13. The number of carboxylic acid groups (broad SMARTS) is 2. The molecule has 2 aromatic carbocycles. The third-order valence-electron chi connectivity index (χ3n) is 23.5. The minimum atomic E-state index is -2.08. The van der Waals surface area contributed by atoms with E-state index in [0.717, 1.165) is 32.1 Å². The van der Waals surface area contributed by atoms with Crippen LogP contribution in [0.25, 0.3) is 22.3 Å². The van der Waals surface area contributed by atoms with E-state index in [1.807, 2.05) is 0 Å². The quantitative estimate of drug-likeness (QED) is 0.0107. The number of rotatable bonds is 70. The number of carbonyl (C=O) groups is 16. The molecule has 8 rings (SSSR count). The Balaban J connectivity index is 0.692. The van der Waals surface area contributed by atoms with Crippen LogP contribution in [-0.2, 0) is 156 Å². The van der Waals surface area contributed by atoms with Crippen molar-refractivity contribution < 1.29 is 153 Å². The lowest BCUT2D eigenvalue weighted by atomic mass is 9.81. The van der Waals surface area contributed by atoms with Crippen molar-refractivity contribution in [1.82, 2.24) is 73.4 Å². The summed E-state index contributed by atoms with van der Waals surface area (Å²) < 4.78 is 83.2.